The topological polar surface area (TPSA) is 87.9 Å². The zero-order valence-electron chi connectivity index (χ0n) is 13.0. The second kappa shape index (κ2) is 5.71. The van der Waals surface area contributed by atoms with Crippen LogP contribution in [0.25, 0.3) is 0 Å². The lowest BCUT2D eigenvalue weighted by atomic mass is 10.1. The number of aliphatic hydroxyl groups excluding tert-OH is 1. The third-order valence-corrected chi connectivity index (χ3v) is 3.77. The molecule has 4 atom stereocenters. The van der Waals surface area contributed by atoms with E-state index in [1.807, 2.05) is 0 Å². The lowest BCUT2D eigenvalue weighted by Crippen LogP contribution is -2.43. The fraction of sp³-hybridized carbons (Fsp3) is 0.857. The Morgan fingerprint density at radius 2 is 2.00 bits per heavy atom. The Morgan fingerprint density at radius 1 is 1.33 bits per heavy atom. The molecule has 1 saturated heterocycles. The van der Waals surface area contributed by atoms with Crippen LogP contribution in [0.5, 0.6) is 0 Å². The summed E-state index contributed by atoms with van der Waals surface area (Å²) in [6.45, 7) is 7.43. The number of nitrogens with one attached hydrogen (secondary N) is 1. The third-order valence-electron chi connectivity index (χ3n) is 3.77. The highest BCUT2D eigenvalue weighted by Gasteiger charge is 2.64. The van der Waals surface area contributed by atoms with Crippen LogP contribution in [0.15, 0.2) is 0 Å². The molecule has 2 amide bonds. The molecule has 1 aliphatic carbocycles. The molecule has 0 radical (unpaired) electrons. The number of hydrogen-bond acceptors (Lipinski definition) is 5. The van der Waals surface area contributed by atoms with Gasteiger partial charge in [0.1, 0.15) is 5.60 Å². The van der Waals surface area contributed by atoms with Gasteiger partial charge in [0.15, 0.2) is 0 Å². The molecule has 21 heavy (non-hydrogen) atoms. The van der Waals surface area contributed by atoms with Crippen molar-refractivity contribution in [2.75, 3.05) is 13.2 Å². The molecule has 2 fully saturated rings. The molecule has 1 aliphatic heterocycles. The van der Waals surface area contributed by atoms with Crippen molar-refractivity contribution in [1.29, 1.82) is 0 Å². The van der Waals surface area contributed by atoms with E-state index < -0.39 is 11.7 Å². The number of rotatable bonds is 3. The molecule has 7 nitrogen and oxygen atoms in total. The van der Waals surface area contributed by atoms with Crippen LogP contribution in [0, 0.1) is 5.92 Å². The Kier molecular flexibility index (Phi) is 4.32. The van der Waals surface area contributed by atoms with E-state index in [9.17, 15) is 14.7 Å². The van der Waals surface area contributed by atoms with E-state index in [0.29, 0.717) is 13.0 Å². The second-order valence-electron chi connectivity index (χ2n) is 6.52. The summed E-state index contributed by atoms with van der Waals surface area (Å²) in [5.41, 5.74) is -0.567. The minimum absolute atomic E-state index is 0.0103. The molecule has 0 aromatic carbocycles. The van der Waals surface area contributed by atoms with Gasteiger partial charge in [-0.1, -0.05) is 0 Å². The maximum absolute atomic E-state index is 11.8. The van der Waals surface area contributed by atoms with Crippen LogP contribution in [0.1, 0.15) is 34.1 Å². The number of likely N-dealkylation sites (tertiary alicyclic amines) is 1. The highest BCUT2D eigenvalue weighted by molar-refractivity contribution is 5.74. The van der Waals surface area contributed by atoms with Gasteiger partial charge in [-0.2, -0.15) is 0 Å². The third kappa shape index (κ3) is 3.40. The van der Waals surface area contributed by atoms with Crippen LogP contribution in [0.3, 0.4) is 0 Å². The van der Waals surface area contributed by atoms with Gasteiger partial charge < -0.3 is 19.9 Å². The van der Waals surface area contributed by atoms with Crippen LogP contribution in [-0.2, 0) is 9.47 Å². The minimum atomic E-state index is -0.567. The van der Waals surface area contributed by atoms with Gasteiger partial charge in [0, 0.05) is 12.5 Å². The molecular weight excluding hydrogens is 276 g/mol. The highest BCUT2D eigenvalue weighted by atomic mass is 16.6. The Bertz CT molecular complexity index is 420. The Balaban J connectivity index is 1.95. The molecule has 2 N–H and O–H groups in total. The van der Waals surface area contributed by atoms with Crippen molar-refractivity contribution in [3.63, 3.8) is 0 Å². The van der Waals surface area contributed by atoms with E-state index in [1.165, 1.54) is 0 Å². The van der Waals surface area contributed by atoms with Gasteiger partial charge >= 0.3 is 12.2 Å². The molecule has 2 rings (SSSR count). The molecule has 1 saturated carbocycles. The largest absolute Gasteiger partial charge is 0.450 e. The molecule has 0 spiro atoms. The first kappa shape index (κ1) is 15.9. The number of fused-ring (bicyclic) bond motifs is 1. The number of piperidine rings is 1. The molecule has 0 bridgehead atoms. The van der Waals surface area contributed by atoms with Crippen molar-refractivity contribution in [1.82, 2.24) is 10.2 Å². The van der Waals surface area contributed by atoms with Crippen LogP contribution in [0.4, 0.5) is 9.59 Å². The van der Waals surface area contributed by atoms with Crippen LogP contribution in [0.2, 0.25) is 0 Å². The summed E-state index contributed by atoms with van der Waals surface area (Å²) < 4.78 is 10.2. The molecule has 0 aromatic heterocycles. The fourth-order valence-electron chi connectivity index (χ4n) is 3.04. The number of carbonyl (C=O) groups is 2. The van der Waals surface area contributed by atoms with Gasteiger partial charge in [-0.15, -0.1) is 0 Å². The van der Waals surface area contributed by atoms with Gasteiger partial charge in [0.25, 0.3) is 0 Å². The molecule has 1 heterocycles. The number of alkyl carbamates (subject to hydrolysis) is 1. The van der Waals surface area contributed by atoms with Gasteiger partial charge in [0.2, 0.25) is 0 Å². The van der Waals surface area contributed by atoms with E-state index in [1.54, 1.807) is 32.6 Å². The van der Waals surface area contributed by atoms with E-state index in [4.69, 9.17) is 9.47 Å². The number of nitrogens with zero attached hydrogens (tertiary/aromatic N) is 1. The summed E-state index contributed by atoms with van der Waals surface area (Å²) in [5.74, 6) is -0.0284. The van der Waals surface area contributed by atoms with Gasteiger partial charge in [0.05, 0.1) is 24.7 Å². The Hall–Kier alpha value is -1.50. The summed E-state index contributed by atoms with van der Waals surface area (Å²) in [6.07, 6.45) is -0.247. The Morgan fingerprint density at radius 3 is 2.52 bits per heavy atom. The maximum atomic E-state index is 11.8. The molecule has 7 heteroatoms. The minimum Gasteiger partial charge on any atom is -0.450 e. The number of ether oxygens (including phenoxy) is 2. The van der Waals surface area contributed by atoms with Gasteiger partial charge in [-0.05, 0) is 34.1 Å². The summed E-state index contributed by atoms with van der Waals surface area (Å²) >= 11 is 0. The molecule has 4 unspecified atom stereocenters. The highest BCUT2D eigenvalue weighted by Crippen LogP contribution is 2.46. The second-order valence-corrected chi connectivity index (χ2v) is 6.52. The maximum Gasteiger partial charge on any atom is 0.410 e. The Labute approximate surface area is 124 Å². The summed E-state index contributed by atoms with van der Waals surface area (Å²) in [5, 5.41) is 12.2. The van der Waals surface area contributed by atoms with Crippen molar-refractivity contribution in [3.05, 3.63) is 0 Å². The first-order valence-corrected chi connectivity index (χ1v) is 7.34. The standard InChI is InChI=1S/C14H24N2O5/c1-5-20-13(19)16-10-8(7-17)6-9(11(10)16)15-12(18)21-14(2,3)4/h8-11,17H,5-7H2,1-4H3,(H,15,18). The summed E-state index contributed by atoms with van der Waals surface area (Å²) in [7, 11) is 0. The van der Waals surface area contributed by atoms with Crippen molar-refractivity contribution in [2.45, 2.75) is 57.8 Å². The SMILES string of the molecule is CCOC(=O)N1C2C(CO)CC(NC(=O)OC(C)(C)C)C21. The molecule has 0 aromatic rings. The predicted octanol–water partition coefficient (Wildman–Crippen LogP) is 1.10. The van der Waals surface area contributed by atoms with Crippen molar-refractivity contribution < 1.29 is 24.2 Å². The van der Waals surface area contributed by atoms with Crippen LogP contribution in [-0.4, -0.2) is 59.1 Å². The zero-order valence-corrected chi connectivity index (χ0v) is 13.0. The van der Waals surface area contributed by atoms with Crippen LogP contribution < -0.4 is 5.32 Å². The number of amides is 2. The lowest BCUT2D eigenvalue weighted by Gasteiger charge is -2.24. The van der Waals surface area contributed by atoms with Crippen molar-refractivity contribution in [2.24, 2.45) is 5.92 Å². The number of aliphatic hydroxyl groups is 1. The van der Waals surface area contributed by atoms with E-state index >= 15 is 0 Å². The monoisotopic (exact) mass is 300 g/mol. The van der Waals surface area contributed by atoms with Crippen LogP contribution >= 0.6 is 0 Å². The average molecular weight is 300 g/mol. The van der Waals surface area contributed by atoms with E-state index in [2.05, 4.69) is 5.32 Å². The number of carbonyl (C=O) groups excluding carboxylic acids is 2. The summed E-state index contributed by atoms with van der Waals surface area (Å²) in [6, 6.07) is -0.353. The normalized spacial score (nSPS) is 30.6. The molecule has 2 aliphatic rings. The van der Waals surface area contributed by atoms with Gasteiger partial charge in [-0.3, -0.25) is 4.90 Å². The number of hydrogen-bond donors (Lipinski definition) is 2. The quantitative estimate of drug-likeness (QED) is 0.762. The fourth-order valence-corrected chi connectivity index (χ4v) is 3.04. The molecular formula is C14H24N2O5. The average Bonchev–Trinajstić information content (AvgIpc) is 2.99. The van der Waals surface area contributed by atoms with E-state index in [0.717, 1.165) is 0 Å². The lowest BCUT2D eigenvalue weighted by molar-refractivity contribution is 0.0488. The predicted molar refractivity (Wildman–Crippen MR) is 74.8 cm³/mol. The molecule has 120 valence electrons. The van der Waals surface area contributed by atoms with Gasteiger partial charge in [-0.25, -0.2) is 9.59 Å². The zero-order chi connectivity index (χ0) is 15.8. The van der Waals surface area contributed by atoms with Crippen molar-refractivity contribution in [3.8, 4) is 0 Å². The first-order valence-electron chi connectivity index (χ1n) is 7.34. The van der Waals surface area contributed by atoms with Crippen molar-refractivity contribution >= 4 is 12.2 Å². The van der Waals surface area contributed by atoms with E-state index in [-0.39, 0.29) is 36.7 Å². The smallest absolute Gasteiger partial charge is 0.410 e. The first-order chi connectivity index (χ1) is 9.78. The summed E-state index contributed by atoms with van der Waals surface area (Å²) in [4.78, 5) is 25.3.